The number of carbonyl (C=O) groups excluding carboxylic acids is 2. The number of nitrogens with zero attached hydrogens (tertiary/aromatic N) is 3. The topological polar surface area (TPSA) is 94.9 Å². The first-order valence-electron chi connectivity index (χ1n) is 10.5. The van der Waals surface area contributed by atoms with Gasteiger partial charge in [0.05, 0.1) is 6.54 Å². The Bertz CT molecular complexity index is 1210. The number of carbonyl (C=O) groups is 2. The van der Waals surface area contributed by atoms with Gasteiger partial charge in [-0.05, 0) is 25.8 Å². The second kappa shape index (κ2) is 7.13. The van der Waals surface area contributed by atoms with Gasteiger partial charge in [0, 0.05) is 43.0 Å². The number of benzene rings is 1. The zero-order valence-electron chi connectivity index (χ0n) is 17.4. The summed E-state index contributed by atoms with van der Waals surface area (Å²) in [6.07, 6.45) is 3.05. The summed E-state index contributed by atoms with van der Waals surface area (Å²) in [5, 5.41) is 12.9. The van der Waals surface area contributed by atoms with E-state index in [-0.39, 0.29) is 35.1 Å². The van der Waals surface area contributed by atoms with Crippen molar-refractivity contribution in [1.29, 1.82) is 0 Å². The average Bonchev–Trinajstić information content (AvgIpc) is 3.24. The van der Waals surface area contributed by atoms with E-state index in [4.69, 9.17) is 0 Å². The van der Waals surface area contributed by atoms with Crippen molar-refractivity contribution >= 4 is 11.8 Å². The van der Waals surface area contributed by atoms with Crippen molar-refractivity contribution in [1.82, 2.24) is 19.7 Å². The zero-order valence-corrected chi connectivity index (χ0v) is 17.4. The number of fused-ring (bicyclic) bond motifs is 4. The average molecular weight is 444 g/mol. The monoisotopic (exact) mass is 444 g/mol. The molecule has 32 heavy (non-hydrogen) atoms. The molecule has 2 fully saturated rings. The molecular formula is C22H22F2N4O4. The second-order valence-electron chi connectivity index (χ2n) is 8.85. The summed E-state index contributed by atoms with van der Waals surface area (Å²) in [5.74, 6) is -3.60. The number of amides is 2. The van der Waals surface area contributed by atoms with E-state index in [1.807, 2.05) is 0 Å². The van der Waals surface area contributed by atoms with Gasteiger partial charge in [0.1, 0.15) is 23.4 Å². The number of pyridine rings is 1. The highest BCUT2D eigenvalue weighted by molar-refractivity contribution is 5.99. The molecule has 2 atom stereocenters. The van der Waals surface area contributed by atoms with Crippen LogP contribution in [0.3, 0.4) is 0 Å². The molecule has 3 aliphatic heterocycles. The number of aromatic nitrogens is 1. The Kier molecular flexibility index (Phi) is 4.59. The first-order chi connectivity index (χ1) is 15.2. The van der Waals surface area contributed by atoms with Gasteiger partial charge in [0.15, 0.2) is 11.4 Å². The molecule has 2 saturated heterocycles. The molecule has 3 aliphatic rings. The third-order valence-corrected chi connectivity index (χ3v) is 6.82. The highest BCUT2D eigenvalue weighted by Crippen LogP contribution is 2.41. The molecule has 4 heterocycles. The lowest BCUT2D eigenvalue weighted by atomic mass is 10.0. The molecule has 0 spiro atoms. The van der Waals surface area contributed by atoms with Crippen LogP contribution in [0.5, 0.6) is 5.75 Å². The summed E-state index contributed by atoms with van der Waals surface area (Å²) >= 11 is 0. The Hall–Kier alpha value is -3.27. The van der Waals surface area contributed by atoms with Gasteiger partial charge in [-0.25, -0.2) is 8.78 Å². The SMILES string of the molecule is C[C@]12CCCN1[C@@H]1Cn3cc(C(=O)NCc4ccc(F)cc4F)c(=O)c(O)c3C(=O)N1C2. The van der Waals surface area contributed by atoms with Crippen molar-refractivity contribution in [3.8, 4) is 5.75 Å². The number of aromatic hydroxyl groups is 1. The molecule has 2 amide bonds. The Balaban J connectivity index is 1.44. The fraction of sp³-hybridized carbons (Fsp3) is 0.409. The summed E-state index contributed by atoms with van der Waals surface area (Å²) in [5.41, 5.74) is -1.54. The van der Waals surface area contributed by atoms with E-state index in [0.29, 0.717) is 19.2 Å². The van der Waals surface area contributed by atoms with Gasteiger partial charge in [-0.1, -0.05) is 6.07 Å². The summed E-state index contributed by atoms with van der Waals surface area (Å²) in [6, 6.07) is 2.96. The van der Waals surface area contributed by atoms with E-state index in [1.165, 1.54) is 16.8 Å². The highest BCUT2D eigenvalue weighted by atomic mass is 19.1. The van der Waals surface area contributed by atoms with Crippen molar-refractivity contribution in [2.24, 2.45) is 0 Å². The molecule has 10 heteroatoms. The maximum absolute atomic E-state index is 13.8. The molecule has 1 aromatic heterocycles. The summed E-state index contributed by atoms with van der Waals surface area (Å²) in [4.78, 5) is 42.4. The molecule has 0 unspecified atom stereocenters. The quantitative estimate of drug-likeness (QED) is 0.747. The Morgan fingerprint density at radius 1 is 1.31 bits per heavy atom. The van der Waals surface area contributed by atoms with Crippen LogP contribution in [-0.4, -0.2) is 56.1 Å². The molecule has 168 valence electrons. The van der Waals surface area contributed by atoms with E-state index in [9.17, 15) is 28.3 Å². The van der Waals surface area contributed by atoms with Gasteiger partial charge in [0.25, 0.3) is 11.8 Å². The fourth-order valence-corrected chi connectivity index (χ4v) is 5.20. The predicted octanol–water partition coefficient (Wildman–Crippen LogP) is 1.41. The largest absolute Gasteiger partial charge is 0.503 e. The lowest BCUT2D eigenvalue weighted by Crippen LogP contribution is -2.51. The van der Waals surface area contributed by atoms with Crippen LogP contribution >= 0.6 is 0 Å². The fourth-order valence-electron chi connectivity index (χ4n) is 5.20. The van der Waals surface area contributed by atoms with Crippen LogP contribution < -0.4 is 10.7 Å². The van der Waals surface area contributed by atoms with Crippen LogP contribution in [0.4, 0.5) is 8.78 Å². The summed E-state index contributed by atoms with van der Waals surface area (Å²) in [7, 11) is 0. The lowest BCUT2D eigenvalue weighted by molar-refractivity contribution is 0.0494. The number of hydrogen-bond acceptors (Lipinski definition) is 5. The zero-order chi connectivity index (χ0) is 22.8. The number of halogens is 2. The highest BCUT2D eigenvalue weighted by Gasteiger charge is 2.54. The van der Waals surface area contributed by atoms with E-state index in [0.717, 1.165) is 25.5 Å². The van der Waals surface area contributed by atoms with E-state index < -0.39 is 34.6 Å². The van der Waals surface area contributed by atoms with Gasteiger partial charge in [-0.2, -0.15) is 0 Å². The molecule has 0 radical (unpaired) electrons. The minimum atomic E-state index is -0.967. The Labute approximate surface area is 182 Å². The van der Waals surface area contributed by atoms with Gasteiger partial charge in [0.2, 0.25) is 5.43 Å². The smallest absolute Gasteiger partial charge is 0.275 e. The molecule has 1 aromatic carbocycles. The third-order valence-electron chi connectivity index (χ3n) is 6.82. The predicted molar refractivity (Wildman–Crippen MR) is 109 cm³/mol. The molecule has 0 bridgehead atoms. The summed E-state index contributed by atoms with van der Waals surface area (Å²) in [6.45, 7) is 3.53. The number of hydrogen-bond donors (Lipinski definition) is 2. The van der Waals surface area contributed by atoms with Crippen molar-refractivity contribution in [3.63, 3.8) is 0 Å². The van der Waals surface area contributed by atoms with Crippen LogP contribution in [0.15, 0.2) is 29.2 Å². The van der Waals surface area contributed by atoms with Crippen molar-refractivity contribution < 1.29 is 23.5 Å². The maximum atomic E-state index is 13.8. The van der Waals surface area contributed by atoms with Crippen molar-refractivity contribution in [2.45, 2.75) is 44.6 Å². The van der Waals surface area contributed by atoms with Gasteiger partial charge >= 0.3 is 0 Å². The standard InChI is InChI=1S/C22H22F2N4O4/c1-22-5-2-6-28(22)16-10-26-9-14(18(29)19(30)17(26)21(32)27(16)11-22)20(31)25-8-12-3-4-13(23)7-15(12)24/h3-4,7,9,16,30H,2,5-6,8,10-11H2,1H3,(H,25,31)/t16-,22-/m1/s1. The normalized spacial score (nSPS) is 24.3. The van der Waals surface area contributed by atoms with E-state index in [1.54, 1.807) is 4.90 Å². The number of nitrogens with one attached hydrogen (secondary N) is 1. The third kappa shape index (κ3) is 3.01. The van der Waals surface area contributed by atoms with Crippen LogP contribution in [0.2, 0.25) is 0 Å². The van der Waals surface area contributed by atoms with Gasteiger partial charge in [-0.15, -0.1) is 0 Å². The molecular weight excluding hydrogens is 422 g/mol. The second-order valence-corrected chi connectivity index (χ2v) is 8.85. The van der Waals surface area contributed by atoms with Crippen LogP contribution in [0.25, 0.3) is 0 Å². The lowest BCUT2D eigenvalue weighted by Gasteiger charge is -2.36. The molecule has 0 saturated carbocycles. The molecule has 8 nitrogen and oxygen atoms in total. The van der Waals surface area contributed by atoms with E-state index >= 15 is 0 Å². The number of rotatable bonds is 3. The summed E-state index contributed by atoms with van der Waals surface area (Å²) < 4.78 is 28.4. The molecule has 2 aromatic rings. The Morgan fingerprint density at radius 3 is 2.84 bits per heavy atom. The minimum Gasteiger partial charge on any atom is -0.503 e. The molecule has 2 N–H and O–H groups in total. The minimum absolute atomic E-state index is 0.0483. The van der Waals surface area contributed by atoms with Crippen LogP contribution in [0.1, 0.15) is 46.2 Å². The Morgan fingerprint density at radius 2 is 2.09 bits per heavy atom. The van der Waals surface area contributed by atoms with Crippen LogP contribution in [-0.2, 0) is 13.1 Å². The van der Waals surface area contributed by atoms with E-state index in [2.05, 4.69) is 17.1 Å². The van der Waals surface area contributed by atoms with Crippen LogP contribution in [0, 0.1) is 11.6 Å². The van der Waals surface area contributed by atoms with Crippen molar-refractivity contribution in [2.75, 3.05) is 13.1 Å². The van der Waals surface area contributed by atoms with Gasteiger partial charge < -0.3 is 19.9 Å². The van der Waals surface area contributed by atoms with Gasteiger partial charge in [-0.3, -0.25) is 19.3 Å². The first-order valence-corrected chi connectivity index (χ1v) is 10.5. The maximum Gasteiger partial charge on any atom is 0.275 e. The van der Waals surface area contributed by atoms with Crippen molar-refractivity contribution in [3.05, 3.63) is 63.1 Å². The molecule has 0 aliphatic carbocycles. The first kappa shape index (κ1) is 20.6. The molecule has 5 rings (SSSR count).